The lowest BCUT2D eigenvalue weighted by Crippen LogP contribution is -2.49. The second-order valence-electron chi connectivity index (χ2n) is 4.98. The number of hydrogen-bond acceptors (Lipinski definition) is 4. The van der Waals surface area contributed by atoms with Gasteiger partial charge in [0.05, 0.1) is 4.34 Å². The average Bonchev–Trinajstić information content (AvgIpc) is 2.72. The Hall–Kier alpha value is 0.150. The molecule has 1 saturated heterocycles. The van der Waals surface area contributed by atoms with E-state index >= 15 is 0 Å². The number of thiophene rings is 1. The van der Waals surface area contributed by atoms with Gasteiger partial charge in [-0.15, -0.1) is 11.3 Å². The van der Waals surface area contributed by atoms with Crippen LogP contribution in [-0.4, -0.2) is 38.4 Å². The highest BCUT2D eigenvalue weighted by Crippen LogP contribution is 2.36. The van der Waals surface area contributed by atoms with E-state index in [1.807, 2.05) is 0 Å². The maximum Gasteiger partial charge on any atom is 0.245 e. The van der Waals surface area contributed by atoms with E-state index in [-0.39, 0.29) is 15.1 Å². The van der Waals surface area contributed by atoms with Crippen molar-refractivity contribution in [3.63, 3.8) is 0 Å². The molecule has 20 heavy (non-hydrogen) atoms. The minimum atomic E-state index is -3.54. The third kappa shape index (κ3) is 3.31. The fraction of sp³-hybridized carbons (Fsp3) is 0.667. The molecule has 2 unspecified atom stereocenters. The van der Waals surface area contributed by atoms with Crippen molar-refractivity contribution in [2.24, 2.45) is 5.92 Å². The van der Waals surface area contributed by atoms with Crippen molar-refractivity contribution < 1.29 is 8.42 Å². The van der Waals surface area contributed by atoms with Crippen molar-refractivity contribution in [3.8, 4) is 0 Å². The standard InChI is InChI=1S/C12H18Cl2N2O2S2/c1-3-15-9-4-5-16(7-8(9)2)20(17,18)10-6-11(13)19-12(10)14/h6,8-9,15H,3-5,7H2,1-2H3. The summed E-state index contributed by atoms with van der Waals surface area (Å²) in [6, 6.07) is 1.80. The van der Waals surface area contributed by atoms with E-state index in [1.54, 1.807) is 0 Å². The summed E-state index contributed by atoms with van der Waals surface area (Å²) < 4.78 is 27.3. The van der Waals surface area contributed by atoms with E-state index in [0.717, 1.165) is 24.3 Å². The maximum absolute atomic E-state index is 12.6. The number of rotatable bonds is 4. The van der Waals surface area contributed by atoms with Crippen LogP contribution < -0.4 is 5.32 Å². The Labute approximate surface area is 134 Å². The van der Waals surface area contributed by atoms with Gasteiger partial charge in [0.15, 0.2) is 0 Å². The summed E-state index contributed by atoms with van der Waals surface area (Å²) in [7, 11) is -3.54. The second kappa shape index (κ2) is 6.50. The van der Waals surface area contributed by atoms with Gasteiger partial charge in [-0.3, -0.25) is 0 Å². The van der Waals surface area contributed by atoms with Gasteiger partial charge < -0.3 is 5.32 Å². The molecule has 0 amide bonds. The molecule has 0 aromatic carbocycles. The molecule has 2 rings (SSSR count). The Morgan fingerprint density at radius 2 is 2.20 bits per heavy atom. The normalized spacial score (nSPS) is 25.0. The molecule has 1 aromatic heterocycles. The zero-order chi connectivity index (χ0) is 14.9. The Morgan fingerprint density at radius 1 is 1.50 bits per heavy atom. The SMILES string of the molecule is CCNC1CCN(S(=O)(=O)c2cc(Cl)sc2Cl)CC1C. The lowest BCUT2D eigenvalue weighted by molar-refractivity contribution is 0.222. The predicted octanol–water partition coefficient (Wildman–Crippen LogP) is 3.06. The van der Waals surface area contributed by atoms with E-state index in [1.165, 1.54) is 10.4 Å². The lowest BCUT2D eigenvalue weighted by Gasteiger charge is -2.36. The molecular formula is C12H18Cl2N2O2S2. The van der Waals surface area contributed by atoms with Crippen LogP contribution in [0.3, 0.4) is 0 Å². The summed E-state index contributed by atoms with van der Waals surface area (Å²) in [5, 5.41) is 3.39. The molecule has 1 aromatic rings. The first-order chi connectivity index (χ1) is 9.36. The number of halogens is 2. The summed E-state index contributed by atoms with van der Waals surface area (Å²) in [6.45, 7) is 6.03. The van der Waals surface area contributed by atoms with Gasteiger partial charge in [0.1, 0.15) is 9.23 Å². The van der Waals surface area contributed by atoms with E-state index in [4.69, 9.17) is 23.2 Å². The fourth-order valence-corrected chi connectivity index (χ4v) is 6.20. The molecular weight excluding hydrogens is 339 g/mol. The van der Waals surface area contributed by atoms with Crippen molar-refractivity contribution in [2.75, 3.05) is 19.6 Å². The van der Waals surface area contributed by atoms with Crippen LogP contribution in [0.5, 0.6) is 0 Å². The number of nitrogens with zero attached hydrogens (tertiary/aromatic N) is 1. The Kier molecular flexibility index (Phi) is 5.37. The van der Waals surface area contributed by atoms with Gasteiger partial charge in [-0.05, 0) is 24.9 Å². The number of hydrogen-bond donors (Lipinski definition) is 1. The van der Waals surface area contributed by atoms with Gasteiger partial charge in [0.25, 0.3) is 0 Å². The summed E-state index contributed by atoms with van der Waals surface area (Å²) in [5.74, 6) is 0.270. The monoisotopic (exact) mass is 356 g/mol. The van der Waals surface area contributed by atoms with Gasteiger partial charge in [0.2, 0.25) is 10.0 Å². The molecule has 0 bridgehead atoms. The topological polar surface area (TPSA) is 49.4 Å². The van der Waals surface area contributed by atoms with Gasteiger partial charge in [-0.25, -0.2) is 8.42 Å². The molecule has 8 heteroatoms. The van der Waals surface area contributed by atoms with Crippen LogP contribution in [0.2, 0.25) is 8.67 Å². The van der Waals surface area contributed by atoms with Crippen molar-refractivity contribution in [1.29, 1.82) is 0 Å². The summed E-state index contributed by atoms with van der Waals surface area (Å²) in [4.78, 5) is 0.128. The third-order valence-electron chi connectivity index (χ3n) is 3.58. The first-order valence-electron chi connectivity index (χ1n) is 6.54. The van der Waals surface area contributed by atoms with Crippen molar-refractivity contribution in [1.82, 2.24) is 9.62 Å². The van der Waals surface area contributed by atoms with Crippen LogP contribution in [0, 0.1) is 5.92 Å². The van der Waals surface area contributed by atoms with Crippen LogP contribution >= 0.6 is 34.5 Å². The average molecular weight is 357 g/mol. The molecule has 0 spiro atoms. The van der Waals surface area contributed by atoms with E-state index in [2.05, 4.69) is 19.2 Å². The highest BCUT2D eigenvalue weighted by molar-refractivity contribution is 7.89. The Balaban J connectivity index is 2.18. The molecule has 4 nitrogen and oxygen atoms in total. The number of nitrogens with one attached hydrogen (secondary N) is 1. The number of sulfonamides is 1. The fourth-order valence-electron chi connectivity index (χ4n) is 2.53. The van der Waals surface area contributed by atoms with Crippen LogP contribution in [-0.2, 0) is 10.0 Å². The molecule has 1 fully saturated rings. The molecule has 0 saturated carbocycles. The summed E-state index contributed by atoms with van der Waals surface area (Å²) in [6.07, 6.45) is 0.809. The van der Waals surface area contributed by atoms with Gasteiger partial charge in [-0.1, -0.05) is 37.0 Å². The van der Waals surface area contributed by atoms with Gasteiger partial charge in [0, 0.05) is 19.1 Å². The smallest absolute Gasteiger partial charge is 0.245 e. The van der Waals surface area contributed by atoms with Crippen molar-refractivity contribution in [3.05, 3.63) is 14.7 Å². The molecule has 0 radical (unpaired) electrons. The Bertz CT molecular complexity index is 574. The van der Waals surface area contributed by atoms with Gasteiger partial charge in [-0.2, -0.15) is 4.31 Å². The number of piperidine rings is 1. The molecule has 2 atom stereocenters. The molecule has 1 aliphatic heterocycles. The summed E-state index contributed by atoms with van der Waals surface area (Å²) >= 11 is 12.9. The molecule has 0 aliphatic carbocycles. The Morgan fingerprint density at radius 3 is 2.70 bits per heavy atom. The first kappa shape index (κ1) is 16.5. The van der Waals surface area contributed by atoms with Crippen LogP contribution in [0.15, 0.2) is 11.0 Å². The molecule has 2 heterocycles. The quantitative estimate of drug-likeness (QED) is 0.901. The molecule has 1 N–H and O–H groups in total. The highest BCUT2D eigenvalue weighted by atomic mass is 35.5. The summed E-state index contributed by atoms with van der Waals surface area (Å²) in [5.41, 5.74) is 0. The van der Waals surface area contributed by atoms with Crippen LogP contribution in [0.4, 0.5) is 0 Å². The largest absolute Gasteiger partial charge is 0.314 e. The molecule has 114 valence electrons. The van der Waals surface area contributed by atoms with Crippen LogP contribution in [0.1, 0.15) is 20.3 Å². The highest BCUT2D eigenvalue weighted by Gasteiger charge is 2.34. The van der Waals surface area contributed by atoms with Crippen molar-refractivity contribution >= 4 is 44.6 Å². The minimum Gasteiger partial charge on any atom is -0.314 e. The second-order valence-corrected chi connectivity index (χ2v) is 9.17. The van der Waals surface area contributed by atoms with Gasteiger partial charge >= 0.3 is 0 Å². The maximum atomic E-state index is 12.6. The molecule has 1 aliphatic rings. The third-order valence-corrected chi connectivity index (χ3v) is 7.20. The lowest BCUT2D eigenvalue weighted by atomic mass is 9.95. The first-order valence-corrected chi connectivity index (χ1v) is 9.56. The van der Waals surface area contributed by atoms with Crippen LogP contribution in [0.25, 0.3) is 0 Å². The van der Waals surface area contributed by atoms with E-state index in [9.17, 15) is 8.42 Å². The predicted molar refractivity (Wildman–Crippen MR) is 84.3 cm³/mol. The zero-order valence-electron chi connectivity index (χ0n) is 11.4. The van der Waals surface area contributed by atoms with E-state index in [0.29, 0.717) is 23.5 Å². The van der Waals surface area contributed by atoms with E-state index < -0.39 is 10.0 Å². The van der Waals surface area contributed by atoms with Crippen molar-refractivity contribution in [2.45, 2.75) is 31.2 Å². The minimum absolute atomic E-state index is 0.128. The zero-order valence-corrected chi connectivity index (χ0v) is 14.5.